The molecular formula is C14H11BrFNO. The smallest absolute Gasteiger partial charge is 0.256 e. The van der Waals surface area contributed by atoms with Gasteiger partial charge in [-0.1, -0.05) is 18.2 Å². The third kappa shape index (κ3) is 2.76. The Morgan fingerprint density at radius 1 is 1.22 bits per heavy atom. The van der Waals surface area contributed by atoms with Crippen molar-refractivity contribution in [2.75, 3.05) is 5.32 Å². The maximum absolute atomic E-state index is 13.1. The number of halogens is 2. The number of para-hydroxylation sites is 1. The van der Waals surface area contributed by atoms with Gasteiger partial charge in [0, 0.05) is 10.2 Å². The highest BCUT2D eigenvalue weighted by molar-refractivity contribution is 9.10. The number of anilines is 1. The molecule has 1 N–H and O–H groups in total. The SMILES string of the molecule is Cc1ccccc1NC(=O)c1cc(F)ccc1Br. The zero-order valence-corrected chi connectivity index (χ0v) is 11.3. The number of nitrogens with one attached hydrogen (secondary N) is 1. The molecule has 0 spiro atoms. The molecule has 0 unspecified atom stereocenters. The Hall–Kier alpha value is -1.68. The molecule has 0 saturated heterocycles. The van der Waals surface area contributed by atoms with Gasteiger partial charge < -0.3 is 5.32 Å². The molecule has 18 heavy (non-hydrogen) atoms. The Morgan fingerprint density at radius 2 is 1.94 bits per heavy atom. The molecule has 4 heteroatoms. The summed E-state index contributed by atoms with van der Waals surface area (Å²) in [6.45, 7) is 1.90. The topological polar surface area (TPSA) is 29.1 Å². The van der Waals surface area contributed by atoms with E-state index < -0.39 is 5.82 Å². The van der Waals surface area contributed by atoms with Crippen molar-refractivity contribution in [3.8, 4) is 0 Å². The van der Waals surface area contributed by atoms with Crippen molar-refractivity contribution in [3.05, 3.63) is 63.9 Å². The number of benzene rings is 2. The summed E-state index contributed by atoms with van der Waals surface area (Å²) in [5, 5.41) is 2.76. The standard InChI is InChI=1S/C14H11BrFNO/c1-9-4-2-3-5-13(9)17-14(18)11-8-10(16)6-7-12(11)15/h2-8H,1H3,(H,17,18). The average Bonchev–Trinajstić information content (AvgIpc) is 2.35. The molecule has 0 atom stereocenters. The molecule has 0 saturated carbocycles. The van der Waals surface area contributed by atoms with Crippen molar-refractivity contribution in [2.24, 2.45) is 0 Å². The van der Waals surface area contributed by atoms with E-state index in [0.29, 0.717) is 4.47 Å². The Morgan fingerprint density at radius 3 is 2.67 bits per heavy atom. The van der Waals surface area contributed by atoms with E-state index in [2.05, 4.69) is 21.2 Å². The highest BCUT2D eigenvalue weighted by Gasteiger charge is 2.12. The van der Waals surface area contributed by atoms with Crippen molar-refractivity contribution in [3.63, 3.8) is 0 Å². The van der Waals surface area contributed by atoms with Gasteiger partial charge >= 0.3 is 0 Å². The van der Waals surface area contributed by atoms with E-state index in [0.717, 1.165) is 11.3 Å². The quantitative estimate of drug-likeness (QED) is 0.887. The minimum absolute atomic E-state index is 0.276. The van der Waals surface area contributed by atoms with E-state index in [1.165, 1.54) is 18.2 Å². The predicted molar refractivity (Wildman–Crippen MR) is 73.2 cm³/mol. The number of amides is 1. The molecule has 0 radical (unpaired) electrons. The van der Waals surface area contributed by atoms with Gasteiger partial charge in [-0.15, -0.1) is 0 Å². The van der Waals surface area contributed by atoms with E-state index in [4.69, 9.17) is 0 Å². The Balaban J connectivity index is 2.28. The van der Waals surface area contributed by atoms with Gasteiger partial charge in [-0.25, -0.2) is 4.39 Å². The zero-order valence-electron chi connectivity index (χ0n) is 9.71. The molecule has 1 amide bonds. The van der Waals surface area contributed by atoms with Crippen LogP contribution in [0.3, 0.4) is 0 Å². The van der Waals surface area contributed by atoms with Crippen LogP contribution in [0.5, 0.6) is 0 Å². The highest BCUT2D eigenvalue weighted by atomic mass is 79.9. The van der Waals surface area contributed by atoms with Crippen molar-refractivity contribution in [1.82, 2.24) is 0 Å². The number of hydrogen-bond acceptors (Lipinski definition) is 1. The summed E-state index contributed by atoms with van der Waals surface area (Å²) in [4.78, 5) is 12.0. The van der Waals surface area contributed by atoms with Gasteiger partial charge in [0.25, 0.3) is 5.91 Å². The van der Waals surface area contributed by atoms with Gasteiger partial charge in [-0.05, 0) is 52.7 Å². The lowest BCUT2D eigenvalue weighted by Crippen LogP contribution is -2.13. The molecule has 0 aliphatic carbocycles. The predicted octanol–water partition coefficient (Wildman–Crippen LogP) is 4.15. The molecule has 2 rings (SSSR count). The normalized spacial score (nSPS) is 10.2. The fourth-order valence-corrected chi connectivity index (χ4v) is 2.00. The first-order valence-corrected chi connectivity index (χ1v) is 6.19. The second kappa shape index (κ2) is 5.31. The van der Waals surface area contributed by atoms with Crippen LogP contribution < -0.4 is 5.32 Å². The largest absolute Gasteiger partial charge is 0.322 e. The summed E-state index contributed by atoms with van der Waals surface area (Å²) in [6, 6.07) is 11.5. The zero-order chi connectivity index (χ0) is 13.1. The van der Waals surface area contributed by atoms with Gasteiger partial charge in [-0.2, -0.15) is 0 Å². The first kappa shape index (κ1) is 12.8. The Labute approximate surface area is 113 Å². The van der Waals surface area contributed by atoms with Gasteiger partial charge in [0.1, 0.15) is 5.82 Å². The summed E-state index contributed by atoms with van der Waals surface area (Å²) < 4.78 is 13.7. The summed E-state index contributed by atoms with van der Waals surface area (Å²) in [5.41, 5.74) is 1.95. The van der Waals surface area contributed by atoms with E-state index in [-0.39, 0.29) is 11.5 Å². The highest BCUT2D eigenvalue weighted by Crippen LogP contribution is 2.20. The molecule has 0 fully saturated rings. The van der Waals surface area contributed by atoms with Crippen LogP contribution in [-0.4, -0.2) is 5.91 Å². The number of carbonyl (C=O) groups excluding carboxylic acids is 1. The minimum Gasteiger partial charge on any atom is -0.322 e. The van der Waals surface area contributed by atoms with Gasteiger partial charge in [0.15, 0.2) is 0 Å². The lowest BCUT2D eigenvalue weighted by atomic mass is 10.1. The first-order valence-electron chi connectivity index (χ1n) is 5.40. The van der Waals surface area contributed by atoms with Crippen LogP contribution in [0, 0.1) is 12.7 Å². The molecule has 0 heterocycles. The summed E-state index contributed by atoms with van der Waals surface area (Å²) in [6.07, 6.45) is 0. The maximum Gasteiger partial charge on any atom is 0.256 e. The van der Waals surface area contributed by atoms with Crippen LogP contribution in [-0.2, 0) is 0 Å². The van der Waals surface area contributed by atoms with Crippen molar-refractivity contribution >= 4 is 27.5 Å². The molecular weight excluding hydrogens is 297 g/mol. The van der Waals surface area contributed by atoms with Gasteiger partial charge in [-0.3, -0.25) is 4.79 Å². The third-order valence-corrected chi connectivity index (χ3v) is 3.26. The lowest BCUT2D eigenvalue weighted by Gasteiger charge is -2.09. The summed E-state index contributed by atoms with van der Waals surface area (Å²) in [7, 11) is 0. The van der Waals surface area contributed by atoms with Crippen LogP contribution in [0.4, 0.5) is 10.1 Å². The number of hydrogen-bond donors (Lipinski definition) is 1. The van der Waals surface area contributed by atoms with Crippen LogP contribution in [0.15, 0.2) is 46.9 Å². The number of rotatable bonds is 2. The van der Waals surface area contributed by atoms with Crippen LogP contribution in [0.2, 0.25) is 0 Å². The molecule has 2 aromatic carbocycles. The Kier molecular flexibility index (Phi) is 3.77. The molecule has 2 nitrogen and oxygen atoms in total. The van der Waals surface area contributed by atoms with E-state index >= 15 is 0 Å². The Bertz CT molecular complexity index is 598. The summed E-state index contributed by atoms with van der Waals surface area (Å²) >= 11 is 3.24. The van der Waals surface area contributed by atoms with Crippen LogP contribution in [0.25, 0.3) is 0 Å². The monoisotopic (exact) mass is 307 g/mol. The molecule has 0 aliphatic heterocycles. The molecule has 0 aliphatic rings. The fourth-order valence-electron chi connectivity index (χ4n) is 1.57. The molecule has 0 bridgehead atoms. The second-order valence-electron chi connectivity index (χ2n) is 3.89. The van der Waals surface area contributed by atoms with E-state index in [1.54, 1.807) is 6.07 Å². The first-order chi connectivity index (χ1) is 8.58. The molecule has 92 valence electrons. The third-order valence-electron chi connectivity index (χ3n) is 2.57. The van der Waals surface area contributed by atoms with Gasteiger partial charge in [0.05, 0.1) is 5.56 Å². The molecule has 2 aromatic rings. The number of carbonyl (C=O) groups is 1. The number of aryl methyl sites for hydroxylation is 1. The van der Waals surface area contributed by atoms with E-state index in [1.807, 2.05) is 25.1 Å². The average molecular weight is 308 g/mol. The van der Waals surface area contributed by atoms with Crippen molar-refractivity contribution in [1.29, 1.82) is 0 Å². The molecule has 0 aromatic heterocycles. The maximum atomic E-state index is 13.1. The van der Waals surface area contributed by atoms with Gasteiger partial charge in [0.2, 0.25) is 0 Å². The fraction of sp³-hybridized carbons (Fsp3) is 0.0714. The lowest BCUT2D eigenvalue weighted by molar-refractivity contribution is 0.102. The summed E-state index contributed by atoms with van der Waals surface area (Å²) in [5.74, 6) is -0.774. The minimum atomic E-state index is -0.437. The van der Waals surface area contributed by atoms with Crippen molar-refractivity contribution < 1.29 is 9.18 Å². The van der Waals surface area contributed by atoms with E-state index in [9.17, 15) is 9.18 Å². The second-order valence-corrected chi connectivity index (χ2v) is 4.75. The van der Waals surface area contributed by atoms with Crippen LogP contribution >= 0.6 is 15.9 Å². The van der Waals surface area contributed by atoms with Crippen molar-refractivity contribution in [2.45, 2.75) is 6.92 Å². The van der Waals surface area contributed by atoms with Crippen LogP contribution in [0.1, 0.15) is 15.9 Å².